The summed E-state index contributed by atoms with van der Waals surface area (Å²) in [7, 11) is 0. The summed E-state index contributed by atoms with van der Waals surface area (Å²) in [5.41, 5.74) is 0.422. The fourth-order valence-corrected chi connectivity index (χ4v) is 2.72. The van der Waals surface area contributed by atoms with Gasteiger partial charge in [-0.15, -0.1) is 0 Å². The van der Waals surface area contributed by atoms with E-state index in [1.54, 1.807) is 24.0 Å². The van der Waals surface area contributed by atoms with Crippen molar-refractivity contribution in [2.75, 3.05) is 31.1 Å². The Balaban J connectivity index is 1.90. The number of benzene rings is 1. The average molecular weight is 362 g/mol. The van der Waals surface area contributed by atoms with Gasteiger partial charge in [-0.2, -0.15) is 0 Å². The van der Waals surface area contributed by atoms with Gasteiger partial charge in [0.2, 0.25) is 11.8 Å². The molecule has 0 saturated carbocycles. The van der Waals surface area contributed by atoms with Crippen molar-refractivity contribution < 1.29 is 14.5 Å². The molecule has 1 fully saturated rings. The molecule has 1 aliphatic rings. The van der Waals surface area contributed by atoms with Crippen LogP contribution in [-0.4, -0.2) is 53.9 Å². The van der Waals surface area contributed by atoms with Crippen LogP contribution >= 0.6 is 0 Å². The molecular weight excluding hydrogens is 336 g/mol. The molecule has 2 rings (SSSR count). The normalized spacial score (nSPS) is 16.2. The van der Waals surface area contributed by atoms with Gasteiger partial charge in [-0.25, -0.2) is 0 Å². The first kappa shape index (κ1) is 19.7. The number of hydrogen-bond donors (Lipinski definition) is 1. The predicted octanol–water partition coefficient (Wildman–Crippen LogP) is 1.79. The monoisotopic (exact) mass is 362 g/mol. The number of carbonyl (C=O) groups excluding carboxylic acids is 2. The third kappa shape index (κ3) is 4.71. The van der Waals surface area contributed by atoms with Gasteiger partial charge in [0.1, 0.15) is 6.04 Å². The largest absolute Gasteiger partial charge is 0.368 e. The third-order valence-corrected chi connectivity index (χ3v) is 4.42. The second kappa shape index (κ2) is 7.72. The van der Waals surface area contributed by atoms with Crippen molar-refractivity contribution in [2.24, 2.45) is 5.41 Å². The zero-order valence-electron chi connectivity index (χ0n) is 15.7. The molecule has 1 aromatic carbocycles. The highest BCUT2D eigenvalue weighted by Gasteiger charge is 2.29. The second-order valence-corrected chi connectivity index (χ2v) is 7.53. The lowest BCUT2D eigenvalue weighted by Crippen LogP contribution is -2.55. The smallest absolute Gasteiger partial charge is 0.269 e. The Morgan fingerprint density at radius 3 is 2.12 bits per heavy atom. The van der Waals surface area contributed by atoms with Gasteiger partial charge in [-0.1, -0.05) is 20.8 Å². The molecule has 1 heterocycles. The minimum atomic E-state index is -0.562. The molecule has 26 heavy (non-hydrogen) atoms. The molecule has 1 unspecified atom stereocenters. The van der Waals surface area contributed by atoms with Crippen LogP contribution in [0.1, 0.15) is 27.7 Å². The molecule has 142 valence electrons. The number of piperazine rings is 1. The summed E-state index contributed by atoms with van der Waals surface area (Å²) in [5.74, 6) is -0.242. The molecule has 0 spiro atoms. The minimum absolute atomic E-state index is 0.0611. The van der Waals surface area contributed by atoms with Gasteiger partial charge in [0.15, 0.2) is 0 Å². The van der Waals surface area contributed by atoms with Crippen molar-refractivity contribution in [3.05, 3.63) is 34.4 Å². The summed E-state index contributed by atoms with van der Waals surface area (Å²) in [4.78, 5) is 38.7. The average Bonchev–Trinajstić information content (AvgIpc) is 2.60. The molecule has 1 atom stereocenters. The summed E-state index contributed by atoms with van der Waals surface area (Å²) in [6, 6.07) is 5.85. The summed E-state index contributed by atoms with van der Waals surface area (Å²) < 4.78 is 0. The van der Waals surface area contributed by atoms with Crippen LogP contribution < -0.4 is 10.2 Å². The molecule has 0 bridgehead atoms. The second-order valence-electron chi connectivity index (χ2n) is 7.53. The standard InChI is InChI=1S/C18H26N4O4/c1-13(19-17(24)18(2,3)4)16(23)21-11-9-20(10-12-21)14-5-7-15(8-6-14)22(25)26/h5-8,13H,9-12H2,1-4H3,(H,19,24). The Morgan fingerprint density at radius 2 is 1.65 bits per heavy atom. The Bertz CT molecular complexity index is 673. The highest BCUT2D eigenvalue weighted by Crippen LogP contribution is 2.21. The van der Waals surface area contributed by atoms with Gasteiger partial charge in [-0.3, -0.25) is 19.7 Å². The number of carbonyl (C=O) groups is 2. The van der Waals surface area contributed by atoms with Crippen LogP contribution in [-0.2, 0) is 9.59 Å². The number of amides is 2. The number of rotatable bonds is 4. The highest BCUT2D eigenvalue weighted by atomic mass is 16.6. The van der Waals surface area contributed by atoms with Gasteiger partial charge >= 0.3 is 0 Å². The van der Waals surface area contributed by atoms with Crippen molar-refractivity contribution in [3.63, 3.8) is 0 Å². The Kier molecular flexibility index (Phi) is 5.84. The number of anilines is 1. The van der Waals surface area contributed by atoms with Crippen LogP contribution in [0, 0.1) is 15.5 Å². The van der Waals surface area contributed by atoms with E-state index in [1.807, 2.05) is 20.8 Å². The van der Waals surface area contributed by atoms with Crippen molar-refractivity contribution in [3.8, 4) is 0 Å². The van der Waals surface area contributed by atoms with Gasteiger partial charge in [0.25, 0.3) is 5.69 Å². The van der Waals surface area contributed by atoms with E-state index >= 15 is 0 Å². The minimum Gasteiger partial charge on any atom is -0.368 e. The molecule has 2 amide bonds. The number of nitro benzene ring substituents is 1. The highest BCUT2D eigenvalue weighted by molar-refractivity contribution is 5.89. The first-order chi connectivity index (χ1) is 12.1. The number of nitrogens with one attached hydrogen (secondary N) is 1. The quantitative estimate of drug-likeness (QED) is 0.651. The van der Waals surface area contributed by atoms with Crippen LogP contribution in [0.3, 0.4) is 0 Å². The Hall–Kier alpha value is -2.64. The Morgan fingerprint density at radius 1 is 1.12 bits per heavy atom. The van der Waals surface area contributed by atoms with Crippen molar-refractivity contribution in [1.82, 2.24) is 10.2 Å². The summed E-state index contributed by atoms with van der Waals surface area (Å²) >= 11 is 0. The summed E-state index contributed by atoms with van der Waals surface area (Å²) in [6.45, 7) is 9.51. The first-order valence-corrected chi connectivity index (χ1v) is 8.69. The molecule has 0 aliphatic carbocycles. The molecular formula is C18H26N4O4. The van der Waals surface area contributed by atoms with E-state index in [0.717, 1.165) is 5.69 Å². The van der Waals surface area contributed by atoms with Crippen LogP contribution in [0.5, 0.6) is 0 Å². The SMILES string of the molecule is CC(NC(=O)C(C)(C)C)C(=O)N1CCN(c2ccc([N+](=O)[O-])cc2)CC1. The van der Waals surface area contributed by atoms with Crippen molar-refractivity contribution >= 4 is 23.2 Å². The summed E-state index contributed by atoms with van der Waals surface area (Å²) in [6.07, 6.45) is 0. The molecule has 1 saturated heterocycles. The third-order valence-electron chi connectivity index (χ3n) is 4.42. The molecule has 1 aliphatic heterocycles. The van der Waals surface area contributed by atoms with Crippen LogP contribution in [0.2, 0.25) is 0 Å². The van der Waals surface area contributed by atoms with Crippen LogP contribution in [0.15, 0.2) is 24.3 Å². The van der Waals surface area contributed by atoms with Crippen LogP contribution in [0.4, 0.5) is 11.4 Å². The van der Waals surface area contributed by atoms with E-state index in [9.17, 15) is 19.7 Å². The molecule has 0 aromatic heterocycles. The molecule has 0 radical (unpaired) electrons. The topological polar surface area (TPSA) is 95.8 Å². The van der Waals surface area contributed by atoms with E-state index < -0.39 is 16.4 Å². The van der Waals surface area contributed by atoms with Crippen molar-refractivity contribution in [2.45, 2.75) is 33.7 Å². The number of nitro groups is 1. The maximum Gasteiger partial charge on any atom is 0.269 e. The fraction of sp³-hybridized carbons (Fsp3) is 0.556. The van der Waals surface area contributed by atoms with Gasteiger partial charge in [0, 0.05) is 49.4 Å². The lowest BCUT2D eigenvalue weighted by Gasteiger charge is -2.37. The molecule has 1 N–H and O–H groups in total. The van der Waals surface area contributed by atoms with Gasteiger partial charge in [0.05, 0.1) is 4.92 Å². The number of non-ortho nitro benzene ring substituents is 1. The first-order valence-electron chi connectivity index (χ1n) is 8.69. The predicted molar refractivity (Wildman–Crippen MR) is 98.9 cm³/mol. The lowest BCUT2D eigenvalue weighted by molar-refractivity contribution is -0.384. The van der Waals surface area contributed by atoms with Gasteiger partial charge < -0.3 is 15.1 Å². The number of nitrogens with zero attached hydrogens (tertiary/aromatic N) is 3. The number of hydrogen-bond acceptors (Lipinski definition) is 5. The van der Waals surface area contributed by atoms with E-state index in [-0.39, 0.29) is 17.5 Å². The maximum atomic E-state index is 12.5. The Labute approximate surface area is 153 Å². The van der Waals surface area contributed by atoms with E-state index in [2.05, 4.69) is 10.2 Å². The van der Waals surface area contributed by atoms with Crippen molar-refractivity contribution in [1.29, 1.82) is 0 Å². The zero-order valence-corrected chi connectivity index (χ0v) is 15.7. The zero-order chi connectivity index (χ0) is 19.5. The maximum absolute atomic E-state index is 12.5. The van der Waals surface area contributed by atoms with E-state index in [0.29, 0.717) is 26.2 Å². The van der Waals surface area contributed by atoms with Gasteiger partial charge in [-0.05, 0) is 19.1 Å². The lowest BCUT2D eigenvalue weighted by atomic mass is 9.95. The van der Waals surface area contributed by atoms with Crippen LogP contribution in [0.25, 0.3) is 0 Å². The van der Waals surface area contributed by atoms with E-state index in [4.69, 9.17) is 0 Å². The molecule has 8 heteroatoms. The van der Waals surface area contributed by atoms with E-state index in [1.165, 1.54) is 12.1 Å². The fourth-order valence-electron chi connectivity index (χ4n) is 2.72. The molecule has 1 aromatic rings. The summed E-state index contributed by atoms with van der Waals surface area (Å²) in [5, 5.41) is 13.5. The molecule has 8 nitrogen and oxygen atoms in total.